The summed E-state index contributed by atoms with van der Waals surface area (Å²) >= 11 is 5.78. The Balaban J connectivity index is 1.92. The number of nitrogens with two attached hydrogens (primary N) is 1. The van der Waals surface area contributed by atoms with Crippen LogP contribution in [-0.4, -0.2) is 16.4 Å². The van der Waals surface area contributed by atoms with Crippen LogP contribution < -0.4 is 11.1 Å². The van der Waals surface area contributed by atoms with Gasteiger partial charge in [0.1, 0.15) is 5.82 Å². The average molecular weight is 240 g/mol. The summed E-state index contributed by atoms with van der Waals surface area (Å²) in [5.74, 6) is 0.373. The topological polar surface area (TPSA) is 68.0 Å². The Bertz CT molecular complexity index is 404. The molecule has 1 heterocycles. The Morgan fingerprint density at radius 3 is 2.94 bits per heavy atom. The first-order chi connectivity index (χ1) is 7.57. The van der Waals surface area contributed by atoms with E-state index in [0.29, 0.717) is 17.3 Å². The molecular formula is C11H14ClN3O. The molecule has 0 unspecified atom stereocenters. The molecular weight excluding hydrogens is 226 g/mol. The predicted molar refractivity (Wildman–Crippen MR) is 63.3 cm³/mol. The lowest BCUT2D eigenvalue weighted by Crippen LogP contribution is -2.48. The van der Waals surface area contributed by atoms with Crippen molar-refractivity contribution in [2.24, 2.45) is 5.73 Å². The molecule has 1 saturated carbocycles. The number of amides is 1. The van der Waals surface area contributed by atoms with Crippen molar-refractivity contribution < 1.29 is 4.79 Å². The van der Waals surface area contributed by atoms with Gasteiger partial charge in [0, 0.05) is 23.2 Å². The van der Waals surface area contributed by atoms with Crippen molar-refractivity contribution in [1.82, 2.24) is 4.98 Å². The van der Waals surface area contributed by atoms with Crippen LogP contribution in [0.1, 0.15) is 25.7 Å². The minimum absolute atomic E-state index is 0.100. The molecule has 86 valence electrons. The van der Waals surface area contributed by atoms with Gasteiger partial charge in [-0.3, -0.25) is 4.79 Å². The maximum absolute atomic E-state index is 11.7. The summed E-state index contributed by atoms with van der Waals surface area (Å²) in [6.07, 6.45) is 4.85. The number of nitrogens with one attached hydrogen (secondary N) is 1. The van der Waals surface area contributed by atoms with Crippen molar-refractivity contribution in [2.45, 2.75) is 31.2 Å². The van der Waals surface area contributed by atoms with E-state index >= 15 is 0 Å². The number of hydrogen-bond donors (Lipinski definition) is 2. The first kappa shape index (κ1) is 11.4. The fourth-order valence-electron chi connectivity index (χ4n) is 1.79. The lowest BCUT2D eigenvalue weighted by atomic mass is 9.75. The van der Waals surface area contributed by atoms with Crippen LogP contribution in [0.4, 0.5) is 5.82 Å². The molecule has 0 bridgehead atoms. The highest BCUT2D eigenvalue weighted by Crippen LogP contribution is 2.32. The smallest absolute Gasteiger partial charge is 0.227 e. The Morgan fingerprint density at radius 2 is 2.38 bits per heavy atom. The molecule has 1 amide bonds. The zero-order valence-electron chi connectivity index (χ0n) is 8.87. The van der Waals surface area contributed by atoms with Crippen LogP contribution >= 0.6 is 11.6 Å². The van der Waals surface area contributed by atoms with E-state index in [1.807, 2.05) is 0 Å². The van der Waals surface area contributed by atoms with Crippen molar-refractivity contribution in [1.29, 1.82) is 0 Å². The summed E-state index contributed by atoms with van der Waals surface area (Å²) in [6, 6.07) is 3.27. The third-order valence-electron chi connectivity index (χ3n) is 2.85. The molecule has 0 saturated heterocycles. The molecule has 1 fully saturated rings. The molecule has 0 spiro atoms. The molecule has 1 aliphatic rings. The molecule has 1 aromatic rings. The van der Waals surface area contributed by atoms with Gasteiger partial charge in [-0.15, -0.1) is 0 Å². The first-order valence-electron chi connectivity index (χ1n) is 5.28. The molecule has 2 rings (SSSR count). The van der Waals surface area contributed by atoms with Gasteiger partial charge >= 0.3 is 0 Å². The Hall–Kier alpha value is -1.13. The summed E-state index contributed by atoms with van der Waals surface area (Å²) < 4.78 is 0. The minimum Gasteiger partial charge on any atom is -0.325 e. The maximum Gasteiger partial charge on any atom is 0.227 e. The van der Waals surface area contributed by atoms with Crippen LogP contribution in [0.2, 0.25) is 5.02 Å². The van der Waals surface area contributed by atoms with Gasteiger partial charge in [0.2, 0.25) is 5.91 Å². The number of halogens is 1. The van der Waals surface area contributed by atoms with Crippen molar-refractivity contribution in [3.63, 3.8) is 0 Å². The van der Waals surface area contributed by atoms with E-state index in [0.717, 1.165) is 19.3 Å². The normalized spacial score (nSPS) is 17.6. The molecule has 0 atom stereocenters. The quantitative estimate of drug-likeness (QED) is 0.847. The second-order valence-corrected chi connectivity index (χ2v) is 4.74. The van der Waals surface area contributed by atoms with Crippen LogP contribution in [0, 0.1) is 0 Å². The molecule has 1 aromatic heterocycles. The van der Waals surface area contributed by atoms with Crippen molar-refractivity contribution in [3.8, 4) is 0 Å². The lowest BCUT2D eigenvalue weighted by molar-refractivity contribution is -0.118. The summed E-state index contributed by atoms with van der Waals surface area (Å²) in [7, 11) is 0. The highest BCUT2D eigenvalue weighted by atomic mass is 35.5. The number of nitrogens with zero attached hydrogens (tertiary/aromatic N) is 1. The Labute approximate surface area is 99.2 Å². The fraction of sp³-hybridized carbons (Fsp3) is 0.455. The van der Waals surface area contributed by atoms with Crippen molar-refractivity contribution in [3.05, 3.63) is 23.4 Å². The van der Waals surface area contributed by atoms with Crippen LogP contribution in [0.25, 0.3) is 0 Å². The monoisotopic (exact) mass is 239 g/mol. The number of pyridine rings is 1. The molecule has 0 aliphatic heterocycles. The predicted octanol–water partition coefficient (Wildman–Crippen LogP) is 1.94. The number of anilines is 1. The van der Waals surface area contributed by atoms with Crippen LogP contribution in [0.5, 0.6) is 0 Å². The molecule has 16 heavy (non-hydrogen) atoms. The Kier molecular flexibility index (Phi) is 3.12. The number of hydrogen-bond acceptors (Lipinski definition) is 3. The summed E-state index contributed by atoms with van der Waals surface area (Å²) in [6.45, 7) is 0. The van der Waals surface area contributed by atoms with Crippen molar-refractivity contribution in [2.75, 3.05) is 5.32 Å². The average Bonchev–Trinajstić information content (AvgIpc) is 2.15. The second-order valence-electron chi connectivity index (χ2n) is 4.30. The van der Waals surface area contributed by atoms with Gasteiger partial charge in [0.05, 0.1) is 0 Å². The van der Waals surface area contributed by atoms with Crippen LogP contribution in [0.15, 0.2) is 18.3 Å². The van der Waals surface area contributed by atoms with Gasteiger partial charge in [0.25, 0.3) is 0 Å². The van der Waals surface area contributed by atoms with E-state index in [2.05, 4.69) is 10.3 Å². The standard InChI is InChI=1S/C11H14ClN3O/c12-8-2-5-14-9(6-8)15-10(16)7-11(13)3-1-4-11/h2,5-6H,1,3-4,7,13H2,(H,14,15,16). The van der Waals surface area contributed by atoms with Crippen LogP contribution in [-0.2, 0) is 4.79 Å². The van der Waals surface area contributed by atoms with E-state index in [-0.39, 0.29) is 11.4 Å². The minimum atomic E-state index is -0.303. The van der Waals surface area contributed by atoms with Gasteiger partial charge < -0.3 is 11.1 Å². The third-order valence-corrected chi connectivity index (χ3v) is 3.09. The van der Waals surface area contributed by atoms with E-state index < -0.39 is 0 Å². The number of carbonyl (C=O) groups excluding carboxylic acids is 1. The molecule has 0 aromatic carbocycles. The number of aromatic nitrogens is 1. The van der Waals surface area contributed by atoms with Gasteiger partial charge in [0.15, 0.2) is 0 Å². The van der Waals surface area contributed by atoms with Gasteiger partial charge in [-0.2, -0.15) is 0 Å². The van der Waals surface area contributed by atoms with E-state index in [9.17, 15) is 4.79 Å². The molecule has 3 N–H and O–H groups in total. The second kappa shape index (κ2) is 4.39. The zero-order chi connectivity index (χ0) is 11.6. The molecule has 5 heteroatoms. The van der Waals surface area contributed by atoms with Crippen molar-refractivity contribution >= 4 is 23.3 Å². The zero-order valence-corrected chi connectivity index (χ0v) is 9.63. The van der Waals surface area contributed by atoms with E-state index in [1.54, 1.807) is 18.3 Å². The molecule has 4 nitrogen and oxygen atoms in total. The maximum atomic E-state index is 11.7. The molecule has 0 radical (unpaired) electrons. The number of carbonyl (C=O) groups is 1. The summed E-state index contributed by atoms with van der Waals surface area (Å²) in [4.78, 5) is 15.7. The van der Waals surface area contributed by atoms with Gasteiger partial charge in [-0.25, -0.2) is 4.98 Å². The van der Waals surface area contributed by atoms with Gasteiger partial charge in [-0.05, 0) is 31.4 Å². The van der Waals surface area contributed by atoms with Gasteiger partial charge in [-0.1, -0.05) is 11.6 Å². The van der Waals surface area contributed by atoms with E-state index in [1.165, 1.54) is 0 Å². The van der Waals surface area contributed by atoms with E-state index in [4.69, 9.17) is 17.3 Å². The SMILES string of the molecule is NC1(CC(=O)Nc2cc(Cl)ccn2)CCC1. The largest absolute Gasteiger partial charge is 0.325 e. The highest BCUT2D eigenvalue weighted by Gasteiger charge is 2.34. The number of rotatable bonds is 3. The summed E-state index contributed by atoms with van der Waals surface area (Å²) in [5, 5.41) is 3.24. The van der Waals surface area contributed by atoms with Crippen LogP contribution in [0.3, 0.4) is 0 Å². The first-order valence-corrected chi connectivity index (χ1v) is 5.66. The fourth-order valence-corrected chi connectivity index (χ4v) is 1.95. The summed E-state index contributed by atoms with van der Waals surface area (Å²) in [5.41, 5.74) is 5.68. The Morgan fingerprint density at radius 1 is 1.62 bits per heavy atom. The molecule has 1 aliphatic carbocycles. The highest BCUT2D eigenvalue weighted by molar-refractivity contribution is 6.30. The third kappa shape index (κ3) is 2.71. The lowest BCUT2D eigenvalue weighted by Gasteiger charge is -2.37.